The molecule has 0 aromatic rings. The van der Waals surface area contributed by atoms with Crippen molar-refractivity contribution in [3.63, 3.8) is 0 Å². The van der Waals surface area contributed by atoms with Gasteiger partial charge in [0.15, 0.2) is 0 Å². The zero-order valence-corrected chi connectivity index (χ0v) is 61.6. The van der Waals surface area contributed by atoms with Crippen molar-refractivity contribution in [3.05, 3.63) is 24.3 Å². The van der Waals surface area contributed by atoms with Gasteiger partial charge in [-0.15, -0.1) is 0 Å². The molecular weight excluding hydrogens is 1120 g/mol. The lowest BCUT2D eigenvalue weighted by Crippen LogP contribution is -2.47. The Bertz CT molecular complexity index is 1570. The smallest absolute Gasteiger partial charge is 0.456 e. The molecule has 0 saturated heterocycles. The Morgan fingerprint density at radius 2 is 0.652 bits per heavy atom. The molecule has 0 bridgehead atoms. The number of phosphoric ester groups is 1. The van der Waals surface area contributed by atoms with E-state index in [4.69, 9.17) is 13.8 Å². The van der Waals surface area contributed by atoms with Gasteiger partial charge in [-0.05, 0) is 57.4 Å². The van der Waals surface area contributed by atoms with Crippen molar-refractivity contribution in [1.82, 2.24) is 5.32 Å². The largest absolute Gasteiger partial charge is 0.472 e. The van der Waals surface area contributed by atoms with Gasteiger partial charge in [0.25, 0.3) is 0 Å². The van der Waals surface area contributed by atoms with Gasteiger partial charge in [0.1, 0.15) is 19.3 Å². The number of nitrogens with one attached hydrogen (secondary N) is 1. The molecule has 0 heterocycles. The maximum Gasteiger partial charge on any atom is 0.472 e. The topological polar surface area (TPSA) is 111 Å². The molecule has 0 aliphatic heterocycles. The number of quaternary nitrogens is 1. The summed E-state index contributed by atoms with van der Waals surface area (Å²) in [4.78, 5) is 38.0. The minimum Gasteiger partial charge on any atom is -0.456 e. The van der Waals surface area contributed by atoms with Crippen molar-refractivity contribution in [2.45, 2.75) is 431 Å². The van der Waals surface area contributed by atoms with Crippen LogP contribution in [0.15, 0.2) is 24.3 Å². The van der Waals surface area contributed by atoms with Crippen LogP contribution in [0.25, 0.3) is 0 Å². The Kier molecular flexibility index (Phi) is 68.1. The number of hydrogen-bond donors (Lipinski definition) is 2. The third kappa shape index (κ3) is 70.6. The van der Waals surface area contributed by atoms with Crippen LogP contribution in [0.3, 0.4) is 0 Å². The Labute approximate surface area is 555 Å². The second-order valence-corrected chi connectivity index (χ2v) is 30.1. The molecule has 89 heavy (non-hydrogen) atoms. The Morgan fingerprint density at radius 1 is 0.382 bits per heavy atom. The molecule has 0 fully saturated rings. The second kappa shape index (κ2) is 69.3. The van der Waals surface area contributed by atoms with E-state index in [2.05, 4.69) is 44.3 Å². The lowest BCUT2D eigenvalue weighted by molar-refractivity contribution is -0.870. The maximum atomic E-state index is 13.7. The Balaban J connectivity index is 4.93. The zero-order valence-electron chi connectivity index (χ0n) is 60.7. The molecule has 3 unspecified atom stereocenters. The van der Waals surface area contributed by atoms with E-state index in [1.807, 2.05) is 27.2 Å². The highest BCUT2D eigenvalue weighted by Crippen LogP contribution is 2.43. The summed E-state index contributed by atoms with van der Waals surface area (Å²) in [6, 6.07) is -0.844. The van der Waals surface area contributed by atoms with Crippen LogP contribution in [0.4, 0.5) is 0 Å². The van der Waals surface area contributed by atoms with Gasteiger partial charge in [0, 0.05) is 12.8 Å². The molecule has 0 radical (unpaired) electrons. The predicted octanol–water partition coefficient (Wildman–Crippen LogP) is 25.6. The first kappa shape index (κ1) is 87.5. The normalized spacial score (nSPS) is 13.5. The SMILES string of the molecule is CCCCCCCC/C=C/CCCCCCCCCCCCCCCC(=O)OC(/C=C/CCCCCCCCCCCCC)C(COP(=O)(O)OCC[N+](C)(C)C)NC(=O)CCCCCCCCCCCCCCCCCCCCCCCCCCCCC. The average molecular weight is 1280 g/mol. The minimum atomic E-state index is -4.45. The number of unbranched alkanes of at least 4 members (excludes halogenated alkanes) is 56. The van der Waals surface area contributed by atoms with Gasteiger partial charge in [0.05, 0.1) is 33.8 Å². The van der Waals surface area contributed by atoms with Crippen molar-refractivity contribution in [2.75, 3.05) is 40.9 Å². The van der Waals surface area contributed by atoms with E-state index in [0.717, 1.165) is 57.8 Å². The Hall–Kier alpha value is -1.51. The van der Waals surface area contributed by atoms with E-state index < -0.39 is 20.0 Å². The van der Waals surface area contributed by atoms with Crippen LogP contribution in [-0.2, 0) is 27.9 Å². The lowest BCUT2D eigenvalue weighted by Gasteiger charge is -2.27. The number of esters is 1. The summed E-state index contributed by atoms with van der Waals surface area (Å²) in [5.41, 5.74) is 0. The quantitative estimate of drug-likeness (QED) is 0.0205. The first-order valence-corrected chi connectivity index (χ1v) is 41.2. The number of allylic oxidation sites excluding steroid dienone is 3. The number of phosphoric acid groups is 1. The number of nitrogens with zero attached hydrogens (tertiary/aromatic N) is 1. The summed E-state index contributed by atoms with van der Waals surface area (Å²) in [6.45, 7) is 7.10. The summed E-state index contributed by atoms with van der Waals surface area (Å²) in [5.74, 6) is -0.477. The number of hydrogen-bond acceptors (Lipinski definition) is 6. The van der Waals surface area contributed by atoms with Gasteiger partial charge < -0.3 is 19.4 Å². The van der Waals surface area contributed by atoms with Gasteiger partial charge in [-0.2, -0.15) is 0 Å². The van der Waals surface area contributed by atoms with Crippen LogP contribution in [0, 0.1) is 0 Å². The highest BCUT2D eigenvalue weighted by molar-refractivity contribution is 7.47. The fourth-order valence-electron chi connectivity index (χ4n) is 12.3. The van der Waals surface area contributed by atoms with Crippen LogP contribution < -0.4 is 5.32 Å². The summed E-state index contributed by atoms with van der Waals surface area (Å²) in [6.07, 6.45) is 86.4. The molecule has 0 aliphatic rings. The fraction of sp³-hybridized carbons (Fsp3) is 0.924. The number of amides is 1. The van der Waals surface area contributed by atoms with Gasteiger partial charge in [-0.25, -0.2) is 4.57 Å². The van der Waals surface area contributed by atoms with E-state index in [-0.39, 0.29) is 25.1 Å². The highest BCUT2D eigenvalue weighted by Gasteiger charge is 2.30. The van der Waals surface area contributed by atoms with E-state index in [1.165, 1.54) is 327 Å². The van der Waals surface area contributed by atoms with Gasteiger partial charge in [0.2, 0.25) is 5.91 Å². The monoisotopic (exact) mass is 1280 g/mol. The fourth-order valence-corrected chi connectivity index (χ4v) is 13.0. The van der Waals surface area contributed by atoms with Crippen molar-refractivity contribution < 1.29 is 37.3 Å². The van der Waals surface area contributed by atoms with E-state index in [9.17, 15) is 19.0 Å². The maximum absolute atomic E-state index is 13.7. The van der Waals surface area contributed by atoms with E-state index in [0.29, 0.717) is 23.9 Å². The van der Waals surface area contributed by atoms with Crippen molar-refractivity contribution in [1.29, 1.82) is 0 Å². The molecule has 10 heteroatoms. The number of likely N-dealkylation sites (N-methyl/N-ethyl adjacent to an activating group) is 1. The standard InChI is InChI=1S/C79H155N2O7P/c1-7-10-13-16-19-22-25-28-30-32-34-36-38-39-40-41-43-44-46-48-50-53-56-59-62-65-68-71-78(82)80-76(75-87-89(84,85)86-74-73-81(4,5)6)77(70-67-64-61-58-55-52-27-24-21-18-15-12-9-3)88-79(83)72-69-66-63-60-57-54-51-49-47-45-42-37-35-33-31-29-26-23-20-17-14-11-8-2/h29,31,67,70,76-77H,7-28,30,32-66,68-69,71-75H2,1-6H3,(H-,80,82,84,85)/p+1/b31-29+,70-67+. The molecule has 0 saturated carbocycles. The van der Waals surface area contributed by atoms with Crippen LogP contribution in [0.5, 0.6) is 0 Å². The molecule has 3 atom stereocenters. The summed E-state index contributed by atoms with van der Waals surface area (Å²) < 4.78 is 30.9. The summed E-state index contributed by atoms with van der Waals surface area (Å²) in [7, 11) is 1.52. The second-order valence-electron chi connectivity index (χ2n) is 28.6. The molecule has 0 rings (SSSR count). The first-order chi connectivity index (χ1) is 43.4. The molecule has 0 aromatic carbocycles. The number of ether oxygens (including phenoxy) is 1. The van der Waals surface area contributed by atoms with E-state index >= 15 is 0 Å². The van der Waals surface area contributed by atoms with Crippen LogP contribution >= 0.6 is 7.82 Å². The third-order valence-corrected chi connectivity index (χ3v) is 19.4. The molecule has 2 N–H and O–H groups in total. The predicted molar refractivity (Wildman–Crippen MR) is 388 cm³/mol. The molecule has 1 amide bonds. The van der Waals surface area contributed by atoms with Crippen molar-refractivity contribution in [3.8, 4) is 0 Å². The number of carbonyl (C=O) groups is 2. The Morgan fingerprint density at radius 3 is 0.955 bits per heavy atom. The molecule has 528 valence electrons. The lowest BCUT2D eigenvalue weighted by atomic mass is 10.0. The van der Waals surface area contributed by atoms with Gasteiger partial charge >= 0.3 is 13.8 Å². The van der Waals surface area contributed by atoms with Crippen LogP contribution in [0.2, 0.25) is 0 Å². The third-order valence-electron chi connectivity index (χ3n) is 18.4. The van der Waals surface area contributed by atoms with Gasteiger partial charge in [-0.1, -0.05) is 373 Å². The van der Waals surface area contributed by atoms with Gasteiger partial charge in [-0.3, -0.25) is 18.6 Å². The van der Waals surface area contributed by atoms with Crippen molar-refractivity contribution >= 4 is 19.7 Å². The summed E-state index contributed by atoms with van der Waals surface area (Å²) >= 11 is 0. The summed E-state index contributed by atoms with van der Waals surface area (Å²) in [5, 5.41) is 3.09. The molecule has 0 aliphatic carbocycles. The molecule has 0 aromatic heterocycles. The van der Waals surface area contributed by atoms with E-state index in [1.54, 1.807) is 0 Å². The zero-order chi connectivity index (χ0) is 64.9. The van der Waals surface area contributed by atoms with Crippen LogP contribution in [0.1, 0.15) is 419 Å². The molecule has 0 spiro atoms. The first-order valence-electron chi connectivity index (χ1n) is 39.7. The molecule has 9 nitrogen and oxygen atoms in total. The van der Waals surface area contributed by atoms with Crippen molar-refractivity contribution in [2.24, 2.45) is 0 Å². The highest BCUT2D eigenvalue weighted by atomic mass is 31.2. The minimum absolute atomic E-state index is 0.0449. The number of carbonyl (C=O) groups excluding carboxylic acids is 2. The molecular formula is C79H156N2O7P+. The van der Waals surface area contributed by atoms with Crippen LogP contribution in [-0.4, -0.2) is 74.3 Å². The average Bonchev–Trinajstić information content (AvgIpc) is 3.57. The number of rotatable bonds is 74.